The number of anilines is 1. The zero-order valence-electron chi connectivity index (χ0n) is 23.5. The van der Waals surface area contributed by atoms with Gasteiger partial charge in [0.05, 0.1) is 18.9 Å². The van der Waals surface area contributed by atoms with Crippen LogP contribution in [-0.4, -0.2) is 62.2 Å². The molecule has 41 heavy (non-hydrogen) atoms. The average molecular weight is 577 g/mol. The van der Waals surface area contributed by atoms with Crippen molar-refractivity contribution >= 4 is 18.4 Å². The van der Waals surface area contributed by atoms with Crippen molar-refractivity contribution in [1.29, 1.82) is 0 Å². The fourth-order valence-electron chi connectivity index (χ4n) is 4.17. The number of nitrogens with two attached hydrogens (primary N) is 1. The number of carbonyl (C=O) groups is 2. The number of morpholine rings is 1. The fourth-order valence-corrected chi connectivity index (χ4v) is 4.17. The summed E-state index contributed by atoms with van der Waals surface area (Å²) in [6.07, 6.45) is 5.18. The molecule has 0 aliphatic carbocycles. The SMILES string of the molecule is CN.CNc1cccc(F)c1CC[C@@H]1CN[C@H](C)CO1.O=CC[C@@H](c1ccc(F)cc1)c1ccncc1F.O=CO. The van der Waals surface area contributed by atoms with Crippen LogP contribution in [-0.2, 0) is 20.7 Å². The van der Waals surface area contributed by atoms with E-state index in [1.54, 1.807) is 18.2 Å². The monoisotopic (exact) mass is 576 g/mol. The van der Waals surface area contributed by atoms with Gasteiger partial charge in [-0.1, -0.05) is 18.2 Å². The van der Waals surface area contributed by atoms with Gasteiger partial charge in [0.15, 0.2) is 0 Å². The van der Waals surface area contributed by atoms with Crippen molar-refractivity contribution in [3.8, 4) is 0 Å². The minimum atomic E-state index is -0.464. The molecule has 0 spiro atoms. The number of aromatic nitrogens is 1. The Morgan fingerprint density at radius 3 is 2.37 bits per heavy atom. The van der Waals surface area contributed by atoms with Gasteiger partial charge in [0, 0.05) is 49.4 Å². The first-order chi connectivity index (χ1) is 19.8. The van der Waals surface area contributed by atoms with E-state index >= 15 is 0 Å². The molecular weight excluding hydrogens is 537 g/mol. The Hall–Kier alpha value is -3.80. The highest BCUT2D eigenvalue weighted by atomic mass is 19.1. The minimum absolute atomic E-state index is 0.140. The van der Waals surface area contributed by atoms with Crippen LogP contribution in [0.5, 0.6) is 0 Å². The first-order valence-corrected chi connectivity index (χ1v) is 13.1. The minimum Gasteiger partial charge on any atom is -0.483 e. The largest absolute Gasteiger partial charge is 0.483 e. The van der Waals surface area contributed by atoms with Crippen LogP contribution in [0.1, 0.15) is 42.4 Å². The van der Waals surface area contributed by atoms with Gasteiger partial charge in [-0.25, -0.2) is 13.2 Å². The number of pyridine rings is 1. The van der Waals surface area contributed by atoms with Crippen LogP contribution < -0.4 is 16.4 Å². The van der Waals surface area contributed by atoms with Crippen molar-refractivity contribution in [3.63, 3.8) is 0 Å². The lowest BCUT2D eigenvalue weighted by Gasteiger charge is -2.28. The topological polar surface area (TPSA) is 127 Å². The third-order valence-electron chi connectivity index (χ3n) is 6.16. The lowest BCUT2D eigenvalue weighted by molar-refractivity contribution is -0.122. The molecule has 0 unspecified atom stereocenters. The van der Waals surface area contributed by atoms with Crippen LogP contribution >= 0.6 is 0 Å². The molecule has 224 valence electrons. The van der Waals surface area contributed by atoms with E-state index in [0.29, 0.717) is 23.6 Å². The highest BCUT2D eigenvalue weighted by molar-refractivity contribution is 5.54. The molecular formula is C30H39F3N4O4. The molecule has 0 radical (unpaired) electrons. The van der Waals surface area contributed by atoms with Gasteiger partial charge >= 0.3 is 0 Å². The second-order valence-corrected chi connectivity index (χ2v) is 8.83. The van der Waals surface area contributed by atoms with Crippen LogP contribution in [0.3, 0.4) is 0 Å². The average Bonchev–Trinajstić information content (AvgIpc) is 2.99. The van der Waals surface area contributed by atoms with Gasteiger partial charge in [0.25, 0.3) is 6.47 Å². The van der Waals surface area contributed by atoms with Gasteiger partial charge in [-0.3, -0.25) is 9.78 Å². The summed E-state index contributed by atoms with van der Waals surface area (Å²) in [5.41, 5.74) is 7.21. The van der Waals surface area contributed by atoms with Gasteiger partial charge in [-0.2, -0.15) is 0 Å². The Morgan fingerprint density at radius 1 is 1.12 bits per heavy atom. The summed E-state index contributed by atoms with van der Waals surface area (Å²) in [5.74, 6) is -1.38. The zero-order valence-corrected chi connectivity index (χ0v) is 23.5. The van der Waals surface area contributed by atoms with Crippen LogP contribution in [0.2, 0.25) is 0 Å². The van der Waals surface area contributed by atoms with Gasteiger partial charge in [0.1, 0.15) is 23.7 Å². The smallest absolute Gasteiger partial charge is 0.290 e. The van der Waals surface area contributed by atoms with Gasteiger partial charge < -0.3 is 31.0 Å². The van der Waals surface area contributed by atoms with Crippen LogP contribution in [0.4, 0.5) is 18.9 Å². The summed E-state index contributed by atoms with van der Waals surface area (Å²) in [6.45, 7) is 3.44. The lowest BCUT2D eigenvalue weighted by Crippen LogP contribution is -2.44. The van der Waals surface area contributed by atoms with E-state index in [4.69, 9.17) is 14.6 Å². The zero-order chi connectivity index (χ0) is 30.6. The molecule has 1 saturated heterocycles. The van der Waals surface area contributed by atoms with E-state index in [1.807, 2.05) is 13.1 Å². The van der Waals surface area contributed by atoms with E-state index in [-0.39, 0.29) is 30.6 Å². The summed E-state index contributed by atoms with van der Waals surface area (Å²) in [5, 5.41) is 13.3. The summed E-state index contributed by atoms with van der Waals surface area (Å²) in [4.78, 5) is 22.8. The highest BCUT2D eigenvalue weighted by Gasteiger charge is 2.19. The number of hydrogen-bond acceptors (Lipinski definition) is 7. The molecule has 1 aromatic heterocycles. The molecule has 1 aliphatic heterocycles. The quantitative estimate of drug-likeness (QED) is 0.288. The molecule has 2 heterocycles. The van der Waals surface area contributed by atoms with E-state index in [2.05, 4.69) is 28.3 Å². The Morgan fingerprint density at radius 2 is 1.80 bits per heavy atom. The summed E-state index contributed by atoms with van der Waals surface area (Å²) < 4.78 is 46.0. The molecule has 3 aromatic rings. The number of ether oxygens (including phenoxy) is 1. The summed E-state index contributed by atoms with van der Waals surface area (Å²) in [7, 11) is 3.32. The fraction of sp³-hybridized carbons (Fsp3) is 0.367. The molecule has 1 aliphatic rings. The number of nitrogens with one attached hydrogen (secondary N) is 2. The number of nitrogens with zero attached hydrogens (tertiary/aromatic N) is 1. The third-order valence-corrected chi connectivity index (χ3v) is 6.16. The molecule has 11 heteroatoms. The first kappa shape index (κ1) is 35.2. The normalized spacial score (nSPS) is 16.3. The molecule has 8 nitrogen and oxygen atoms in total. The van der Waals surface area contributed by atoms with Crippen molar-refractivity contribution in [2.45, 2.75) is 44.2 Å². The Bertz CT molecular complexity index is 1160. The molecule has 0 bridgehead atoms. The molecule has 1 fully saturated rings. The van der Waals surface area contributed by atoms with Gasteiger partial charge in [0.2, 0.25) is 0 Å². The Kier molecular flexibility index (Phi) is 17.3. The third kappa shape index (κ3) is 12.1. The second-order valence-electron chi connectivity index (χ2n) is 8.83. The van der Waals surface area contributed by atoms with Crippen molar-refractivity contribution in [3.05, 3.63) is 95.1 Å². The summed E-state index contributed by atoms with van der Waals surface area (Å²) >= 11 is 0. The Balaban J connectivity index is 0.000000355. The van der Waals surface area contributed by atoms with Crippen molar-refractivity contribution in [2.24, 2.45) is 5.73 Å². The Labute approximate surface area is 239 Å². The highest BCUT2D eigenvalue weighted by Crippen LogP contribution is 2.29. The number of carboxylic acid groups (broad SMARTS) is 1. The predicted molar refractivity (Wildman–Crippen MR) is 153 cm³/mol. The number of halogens is 3. The van der Waals surface area contributed by atoms with Gasteiger partial charge in [-0.15, -0.1) is 0 Å². The maximum Gasteiger partial charge on any atom is 0.290 e. The number of carbonyl (C=O) groups excluding carboxylic acids is 1. The van der Waals surface area contributed by atoms with Crippen molar-refractivity contribution < 1.29 is 32.6 Å². The van der Waals surface area contributed by atoms with Crippen LogP contribution in [0, 0.1) is 17.5 Å². The molecule has 2 aromatic carbocycles. The molecule has 4 rings (SSSR count). The summed E-state index contributed by atoms with van der Waals surface area (Å²) in [6, 6.07) is 12.8. The van der Waals surface area contributed by atoms with E-state index in [1.165, 1.54) is 37.5 Å². The maximum atomic E-state index is 13.8. The number of benzene rings is 2. The van der Waals surface area contributed by atoms with Crippen molar-refractivity contribution in [2.75, 3.05) is 32.6 Å². The van der Waals surface area contributed by atoms with E-state index in [0.717, 1.165) is 43.3 Å². The molecule has 3 atom stereocenters. The van der Waals surface area contributed by atoms with Gasteiger partial charge in [-0.05, 0) is 68.3 Å². The predicted octanol–water partition coefficient (Wildman–Crippen LogP) is 4.53. The molecule has 0 amide bonds. The molecule has 5 N–H and O–H groups in total. The maximum absolute atomic E-state index is 13.8. The van der Waals surface area contributed by atoms with Crippen LogP contribution in [0.25, 0.3) is 0 Å². The number of hydrogen-bond donors (Lipinski definition) is 4. The number of rotatable bonds is 8. The van der Waals surface area contributed by atoms with E-state index < -0.39 is 11.7 Å². The molecule has 0 saturated carbocycles. The van der Waals surface area contributed by atoms with E-state index in [9.17, 15) is 18.0 Å². The standard InChI is InChI=1S/C14H11F2NO.C14H21FN2O.CH5N.CH2O2/c15-11-3-1-10(2-4-11)12(6-8-18)13-5-7-17-9-14(13)16;1-10-9-18-11(8-17-10)6-7-12-13(15)4-3-5-14(12)16-2;1-2;2-1-3/h1-5,7-9,12H,6H2;3-5,10-11,16-17H,6-9H2,1-2H3;2H2,1H3;1H,(H,2,3)/t12-;10-,11-;;/m01../s1. The lowest BCUT2D eigenvalue weighted by atomic mass is 9.89. The second kappa shape index (κ2) is 20.1. The number of aldehydes is 1. The van der Waals surface area contributed by atoms with Crippen molar-refractivity contribution in [1.82, 2.24) is 10.3 Å². The van der Waals surface area contributed by atoms with Crippen LogP contribution in [0.15, 0.2) is 60.9 Å². The first-order valence-electron chi connectivity index (χ1n) is 13.1.